The third kappa shape index (κ3) is 4.05. The van der Waals surface area contributed by atoms with Crippen LogP contribution in [0.15, 0.2) is 29.6 Å². The van der Waals surface area contributed by atoms with Gasteiger partial charge in [-0.2, -0.15) is 0 Å². The van der Waals surface area contributed by atoms with Crippen LogP contribution in [0, 0.1) is 6.92 Å². The first kappa shape index (κ1) is 18.0. The summed E-state index contributed by atoms with van der Waals surface area (Å²) in [5.41, 5.74) is 3.38. The van der Waals surface area contributed by atoms with Crippen LogP contribution in [0.2, 0.25) is 0 Å². The van der Waals surface area contributed by atoms with Crippen molar-refractivity contribution < 1.29 is 9.53 Å². The summed E-state index contributed by atoms with van der Waals surface area (Å²) in [7, 11) is 1.69. The van der Waals surface area contributed by atoms with Crippen molar-refractivity contribution in [2.75, 3.05) is 33.3 Å². The van der Waals surface area contributed by atoms with E-state index in [4.69, 9.17) is 4.74 Å². The van der Waals surface area contributed by atoms with E-state index in [1.807, 2.05) is 22.4 Å². The molecular weight excluding hydrogens is 332 g/mol. The highest BCUT2D eigenvalue weighted by Crippen LogP contribution is 2.24. The molecule has 0 N–H and O–H groups in total. The lowest BCUT2D eigenvalue weighted by Gasteiger charge is -2.35. The Morgan fingerprint density at radius 2 is 2.00 bits per heavy atom. The number of hydrogen-bond acceptors (Lipinski definition) is 4. The second-order valence-corrected chi connectivity index (χ2v) is 7.54. The van der Waals surface area contributed by atoms with Crippen molar-refractivity contribution in [2.45, 2.75) is 26.8 Å². The molecule has 0 spiro atoms. The van der Waals surface area contributed by atoms with Gasteiger partial charge in [0.1, 0.15) is 5.75 Å². The molecule has 2 heterocycles. The molecule has 3 rings (SSSR count). The maximum absolute atomic E-state index is 12.8. The third-order valence-electron chi connectivity index (χ3n) is 4.89. The van der Waals surface area contributed by atoms with Crippen molar-refractivity contribution in [3.8, 4) is 5.75 Å². The van der Waals surface area contributed by atoms with Gasteiger partial charge in [0, 0.05) is 43.0 Å². The zero-order valence-electron chi connectivity index (χ0n) is 15.2. The van der Waals surface area contributed by atoms with Crippen molar-refractivity contribution in [3.63, 3.8) is 0 Å². The highest BCUT2D eigenvalue weighted by atomic mass is 32.1. The van der Waals surface area contributed by atoms with Crippen LogP contribution in [0.4, 0.5) is 0 Å². The molecule has 1 aliphatic rings. The zero-order valence-corrected chi connectivity index (χ0v) is 16.1. The lowest BCUT2D eigenvalue weighted by Crippen LogP contribution is -2.48. The van der Waals surface area contributed by atoms with Crippen molar-refractivity contribution in [2.24, 2.45) is 0 Å². The molecule has 1 aromatic carbocycles. The van der Waals surface area contributed by atoms with Crippen LogP contribution in [-0.4, -0.2) is 49.0 Å². The van der Waals surface area contributed by atoms with Gasteiger partial charge in [-0.15, -0.1) is 11.3 Å². The average molecular weight is 359 g/mol. The molecule has 134 valence electrons. The smallest absolute Gasteiger partial charge is 0.255 e. The second-order valence-electron chi connectivity index (χ2n) is 6.46. The fraction of sp³-hybridized carbons (Fsp3) is 0.450. The van der Waals surface area contributed by atoms with Crippen LogP contribution >= 0.6 is 11.3 Å². The second kappa shape index (κ2) is 8.02. The Hall–Kier alpha value is -1.85. The van der Waals surface area contributed by atoms with E-state index in [-0.39, 0.29) is 5.91 Å². The Labute approximate surface area is 154 Å². The van der Waals surface area contributed by atoms with Crippen LogP contribution in [0.1, 0.15) is 33.3 Å². The number of hydrogen-bond donors (Lipinski definition) is 0. The number of thiophene rings is 1. The fourth-order valence-electron chi connectivity index (χ4n) is 3.41. The molecule has 4 nitrogen and oxygen atoms in total. The van der Waals surface area contributed by atoms with Crippen molar-refractivity contribution >= 4 is 17.2 Å². The Morgan fingerprint density at radius 3 is 2.68 bits per heavy atom. The third-order valence-corrected chi connectivity index (χ3v) is 5.84. The number of nitrogens with zero attached hydrogens (tertiary/aromatic N) is 2. The Kier molecular flexibility index (Phi) is 5.76. The summed E-state index contributed by atoms with van der Waals surface area (Å²) in [5.74, 6) is 1.09. The fourth-order valence-corrected chi connectivity index (χ4v) is 4.34. The molecule has 1 aromatic heterocycles. The zero-order chi connectivity index (χ0) is 17.8. The predicted molar refractivity (Wildman–Crippen MR) is 103 cm³/mol. The molecule has 1 fully saturated rings. The van der Waals surface area contributed by atoms with Crippen molar-refractivity contribution in [1.29, 1.82) is 0 Å². The molecule has 1 amide bonds. The molecule has 5 heteroatoms. The number of methoxy groups -OCH3 is 1. The molecule has 0 unspecified atom stereocenters. The minimum atomic E-state index is 0.197. The SMILES string of the molecule is CCc1c(C(=O)N2CCN(Cc3cccc(OC)c3)CC2)csc1C. The highest BCUT2D eigenvalue weighted by molar-refractivity contribution is 7.10. The van der Waals surface area contributed by atoms with Crippen molar-refractivity contribution in [1.82, 2.24) is 9.80 Å². The van der Waals surface area contributed by atoms with E-state index >= 15 is 0 Å². The molecule has 0 aliphatic carbocycles. The first-order chi connectivity index (χ1) is 12.1. The first-order valence-electron chi connectivity index (χ1n) is 8.84. The molecule has 2 aromatic rings. The number of amides is 1. The van der Waals surface area contributed by atoms with Crippen LogP contribution in [-0.2, 0) is 13.0 Å². The van der Waals surface area contributed by atoms with Gasteiger partial charge in [0.2, 0.25) is 0 Å². The van der Waals surface area contributed by atoms with E-state index in [0.29, 0.717) is 0 Å². The van der Waals surface area contributed by atoms with E-state index in [1.165, 1.54) is 16.0 Å². The number of carbonyl (C=O) groups excluding carboxylic acids is 1. The molecule has 0 saturated carbocycles. The molecule has 0 atom stereocenters. The molecule has 1 aliphatic heterocycles. The minimum Gasteiger partial charge on any atom is -0.497 e. The quantitative estimate of drug-likeness (QED) is 0.819. The van der Waals surface area contributed by atoms with Gasteiger partial charge in [0.25, 0.3) is 5.91 Å². The number of carbonyl (C=O) groups is 1. The van der Waals surface area contributed by atoms with Gasteiger partial charge in [-0.05, 0) is 36.6 Å². The Bertz CT molecular complexity index is 733. The maximum Gasteiger partial charge on any atom is 0.255 e. The Morgan fingerprint density at radius 1 is 1.24 bits per heavy atom. The van der Waals surface area contributed by atoms with Crippen molar-refractivity contribution in [3.05, 3.63) is 51.2 Å². The topological polar surface area (TPSA) is 32.8 Å². The van der Waals surface area contributed by atoms with Gasteiger partial charge in [-0.1, -0.05) is 19.1 Å². The summed E-state index contributed by atoms with van der Waals surface area (Å²) in [6.07, 6.45) is 0.923. The summed E-state index contributed by atoms with van der Waals surface area (Å²) in [5, 5.41) is 2.03. The van der Waals surface area contributed by atoms with Gasteiger partial charge in [0.15, 0.2) is 0 Å². The summed E-state index contributed by atoms with van der Waals surface area (Å²) in [6, 6.07) is 8.20. The number of aryl methyl sites for hydroxylation is 1. The first-order valence-corrected chi connectivity index (χ1v) is 9.71. The van der Waals surface area contributed by atoms with Crippen LogP contribution < -0.4 is 4.74 Å². The van der Waals surface area contributed by atoms with Gasteiger partial charge in [0.05, 0.1) is 12.7 Å². The van der Waals surface area contributed by atoms with Gasteiger partial charge in [-0.25, -0.2) is 0 Å². The number of rotatable bonds is 5. The molecule has 1 saturated heterocycles. The lowest BCUT2D eigenvalue weighted by atomic mass is 10.1. The Balaban J connectivity index is 1.58. The maximum atomic E-state index is 12.8. The summed E-state index contributed by atoms with van der Waals surface area (Å²) >= 11 is 1.68. The van der Waals surface area contributed by atoms with Gasteiger partial charge < -0.3 is 9.64 Å². The largest absolute Gasteiger partial charge is 0.497 e. The van der Waals surface area contributed by atoms with Crippen LogP contribution in [0.3, 0.4) is 0 Å². The van der Waals surface area contributed by atoms with E-state index in [1.54, 1.807) is 18.4 Å². The molecule has 0 bridgehead atoms. The molecule has 0 radical (unpaired) electrons. The normalized spacial score (nSPS) is 15.4. The minimum absolute atomic E-state index is 0.197. The van der Waals surface area contributed by atoms with E-state index in [9.17, 15) is 4.79 Å². The van der Waals surface area contributed by atoms with E-state index in [2.05, 4.69) is 30.9 Å². The summed E-state index contributed by atoms with van der Waals surface area (Å²) in [4.78, 5) is 18.5. The standard InChI is InChI=1S/C20H26N2O2S/c1-4-18-15(2)25-14-19(18)20(23)22-10-8-21(9-11-22)13-16-6-5-7-17(12-16)24-3/h5-7,12,14H,4,8-11,13H2,1-3H3. The number of piperazine rings is 1. The predicted octanol–water partition coefficient (Wildman–Crippen LogP) is 3.59. The lowest BCUT2D eigenvalue weighted by molar-refractivity contribution is 0.0628. The number of ether oxygens (including phenoxy) is 1. The number of benzene rings is 1. The van der Waals surface area contributed by atoms with Crippen LogP contribution in [0.25, 0.3) is 0 Å². The highest BCUT2D eigenvalue weighted by Gasteiger charge is 2.24. The summed E-state index contributed by atoms with van der Waals surface area (Å²) in [6.45, 7) is 8.53. The average Bonchev–Trinajstić information content (AvgIpc) is 3.02. The van der Waals surface area contributed by atoms with Gasteiger partial charge in [-0.3, -0.25) is 9.69 Å². The summed E-state index contributed by atoms with van der Waals surface area (Å²) < 4.78 is 5.29. The van der Waals surface area contributed by atoms with Gasteiger partial charge >= 0.3 is 0 Å². The van der Waals surface area contributed by atoms with E-state index < -0.39 is 0 Å². The molecular formula is C20H26N2O2S. The van der Waals surface area contributed by atoms with Crippen LogP contribution in [0.5, 0.6) is 5.75 Å². The molecule has 25 heavy (non-hydrogen) atoms. The van der Waals surface area contributed by atoms with E-state index in [0.717, 1.165) is 50.5 Å². The monoisotopic (exact) mass is 358 g/mol.